The first-order valence-corrected chi connectivity index (χ1v) is 5.16. The van der Waals surface area contributed by atoms with E-state index in [9.17, 15) is 4.79 Å². The third kappa shape index (κ3) is 2.52. The van der Waals surface area contributed by atoms with Crippen LogP contribution in [0.1, 0.15) is 19.8 Å². The molecule has 5 heteroatoms. The molecule has 0 N–H and O–H groups in total. The fourth-order valence-electron chi connectivity index (χ4n) is 1.70. The van der Waals surface area contributed by atoms with E-state index in [0.717, 1.165) is 6.42 Å². The Morgan fingerprint density at radius 3 is 2.88 bits per heavy atom. The zero-order valence-corrected chi connectivity index (χ0v) is 9.19. The molecule has 1 aliphatic heterocycles. The van der Waals surface area contributed by atoms with E-state index in [-0.39, 0.29) is 18.7 Å². The minimum Gasteiger partial charge on any atom is -0.462 e. The third-order valence-electron chi connectivity index (χ3n) is 2.36. The molecule has 0 aliphatic carbocycles. The average molecular weight is 219 g/mol. The summed E-state index contributed by atoms with van der Waals surface area (Å²) in [4.78, 5) is 13.3. The summed E-state index contributed by atoms with van der Waals surface area (Å²) in [6, 6.07) is 3.89. The summed E-state index contributed by atoms with van der Waals surface area (Å²) in [5.74, 6) is -0.593. The molecule has 0 spiro atoms. The second-order valence-electron chi connectivity index (χ2n) is 3.34. The van der Waals surface area contributed by atoms with E-state index in [2.05, 4.69) is 0 Å². The van der Waals surface area contributed by atoms with E-state index in [0.29, 0.717) is 18.7 Å². The van der Waals surface area contributed by atoms with Crippen LogP contribution in [0.3, 0.4) is 0 Å². The summed E-state index contributed by atoms with van der Waals surface area (Å²) in [6.07, 6.45) is 1.52. The highest BCUT2D eigenvalue weighted by atomic mass is 16.5. The molecule has 0 amide bonds. The molecule has 0 aromatic rings. The first kappa shape index (κ1) is 12.1. The number of ether oxygens (including phenoxy) is 1. The molecule has 0 aromatic heterocycles. The van der Waals surface area contributed by atoms with E-state index in [1.807, 2.05) is 12.1 Å². The molecule has 0 atom stereocenters. The highest BCUT2D eigenvalue weighted by molar-refractivity contribution is 5.93. The second-order valence-corrected chi connectivity index (χ2v) is 3.34. The largest absolute Gasteiger partial charge is 0.462 e. The monoisotopic (exact) mass is 219 g/mol. The van der Waals surface area contributed by atoms with Gasteiger partial charge in [0, 0.05) is 12.2 Å². The molecule has 1 aliphatic rings. The SMILES string of the molecule is CCOC(=O)/C(C#N)=C1/CCCN1CC#N. The molecule has 84 valence electrons. The van der Waals surface area contributed by atoms with Gasteiger partial charge in [-0.3, -0.25) is 0 Å². The van der Waals surface area contributed by atoms with Gasteiger partial charge < -0.3 is 9.64 Å². The quantitative estimate of drug-likeness (QED) is 0.305. The Bertz CT molecular complexity index is 387. The highest BCUT2D eigenvalue weighted by Crippen LogP contribution is 2.24. The number of hydrogen-bond donors (Lipinski definition) is 0. The molecule has 1 heterocycles. The summed E-state index contributed by atoms with van der Waals surface area (Å²) in [7, 11) is 0. The standard InChI is InChI=1S/C11H13N3O2/c1-2-16-11(15)9(8-13)10-4-3-6-14(10)7-5-12/h2-4,6-7H2,1H3/b10-9-. The number of rotatable bonds is 3. The van der Waals surface area contributed by atoms with Gasteiger partial charge in [-0.2, -0.15) is 10.5 Å². The highest BCUT2D eigenvalue weighted by Gasteiger charge is 2.25. The van der Waals surface area contributed by atoms with Gasteiger partial charge in [-0.15, -0.1) is 0 Å². The lowest BCUT2D eigenvalue weighted by Crippen LogP contribution is -2.21. The predicted octanol–water partition coefficient (Wildman–Crippen LogP) is 0.947. The lowest BCUT2D eigenvalue weighted by atomic mass is 10.2. The first-order valence-electron chi connectivity index (χ1n) is 5.16. The fraction of sp³-hybridized carbons (Fsp3) is 0.545. The molecular weight excluding hydrogens is 206 g/mol. The Labute approximate surface area is 94.5 Å². The molecule has 1 saturated heterocycles. The van der Waals surface area contributed by atoms with Crippen LogP contribution in [0.15, 0.2) is 11.3 Å². The number of allylic oxidation sites excluding steroid dienone is 1. The summed E-state index contributed by atoms with van der Waals surface area (Å²) in [5, 5.41) is 17.6. The Morgan fingerprint density at radius 2 is 2.31 bits per heavy atom. The van der Waals surface area contributed by atoms with Crippen LogP contribution in [0.4, 0.5) is 0 Å². The number of likely N-dealkylation sites (tertiary alicyclic amines) is 1. The first-order chi connectivity index (χ1) is 7.74. The van der Waals surface area contributed by atoms with Crippen molar-refractivity contribution in [2.45, 2.75) is 19.8 Å². The summed E-state index contributed by atoms with van der Waals surface area (Å²) >= 11 is 0. The van der Waals surface area contributed by atoms with Crippen molar-refractivity contribution >= 4 is 5.97 Å². The van der Waals surface area contributed by atoms with Gasteiger partial charge in [0.05, 0.1) is 12.7 Å². The normalized spacial score (nSPS) is 17.6. The third-order valence-corrected chi connectivity index (χ3v) is 2.36. The topological polar surface area (TPSA) is 77.1 Å². The van der Waals surface area contributed by atoms with Gasteiger partial charge in [0.1, 0.15) is 12.6 Å². The van der Waals surface area contributed by atoms with Gasteiger partial charge >= 0.3 is 5.97 Å². The molecule has 16 heavy (non-hydrogen) atoms. The zero-order chi connectivity index (χ0) is 12.0. The van der Waals surface area contributed by atoms with Crippen molar-refractivity contribution in [1.82, 2.24) is 4.90 Å². The lowest BCUT2D eigenvalue weighted by molar-refractivity contribution is -0.138. The Morgan fingerprint density at radius 1 is 1.56 bits per heavy atom. The van der Waals surface area contributed by atoms with Gasteiger partial charge in [0.2, 0.25) is 0 Å². The van der Waals surface area contributed by atoms with Crippen molar-refractivity contribution in [3.05, 3.63) is 11.3 Å². The summed E-state index contributed by atoms with van der Waals surface area (Å²) in [6.45, 7) is 2.86. The average Bonchev–Trinajstić information content (AvgIpc) is 2.69. The Hall–Kier alpha value is -2.01. The van der Waals surface area contributed by atoms with Crippen LogP contribution in [0.5, 0.6) is 0 Å². The smallest absolute Gasteiger partial charge is 0.350 e. The van der Waals surface area contributed by atoms with Crippen LogP contribution in [-0.2, 0) is 9.53 Å². The van der Waals surface area contributed by atoms with E-state index < -0.39 is 5.97 Å². The van der Waals surface area contributed by atoms with Crippen molar-refractivity contribution in [2.75, 3.05) is 19.7 Å². The maximum Gasteiger partial charge on any atom is 0.350 e. The molecular formula is C11H13N3O2. The predicted molar refractivity (Wildman–Crippen MR) is 55.7 cm³/mol. The maximum atomic E-state index is 11.5. The molecule has 0 unspecified atom stereocenters. The van der Waals surface area contributed by atoms with Crippen molar-refractivity contribution < 1.29 is 9.53 Å². The minimum absolute atomic E-state index is 0.0367. The maximum absolute atomic E-state index is 11.5. The van der Waals surface area contributed by atoms with Gasteiger partial charge in [-0.1, -0.05) is 0 Å². The van der Waals surface area contributed by atoms with Crippen LogP contribution in [0, 0.1) is 22.7 Å². The number of nitrogens with zero attached hydrogens (tertiary/aromatic N) is 3. The van der Waals surface area contributed by atoms with Crippen LogP contribution in [-0.4, -0.2) is 30.6 Å². The van der Waals surface area contributed by atoms with E-state index >= 15 is 0 Å². The van der Waals surface area contributed by atoms with E-state index in [1.165, 1.54) is 0 Å². The molecule has 0 aromatic carbocycles. The second kappa shape index (κ2) is 5.77. The van der Waals surface area contributed by atoms with Crippen molar-refractivity contribution in [3.8, 4) is 12.1 Å². The van der Waals surface area contributed by atoms with Crippen LogP contribution in [0.2, 0.25) is 0 Å². The van der Waals surface area contributed by atoms with Crippen molar-refractivity contribution in [3.63, 3.8) is 0 Å². The van der Waals surface area contributed by atoms with Crippen LogP contribution < -0.4 is 0 Å². The van der Waals surface area contributed by atoms with Gasteiger partial charge in [-0.05, 0) is 19.8 Å². The zero-order valence-electron chi connectivity index (χ0n) is 9.19. The molecule has 0 bridgehead atoms. The number of esters is 1. The van der Waals surface area contributed by atoms with Gasteiger partial charge in [0.25, 0.3) is 0 Å². The number of hydrogen-bond acceptors (Lipinski definition) is 5. The number of nitriles is 2. The van der Waals surface area contributed by atoms with Crippen LogP contribution in [0.25, 0.3) is 0 Å². The molecule has 0 radical (unpaired) electrons. The van der Waals surface area contributed by atoms with Gasteiger partial charge in [-0.25, -0.2) is 4.79 Å². The van der Waals surface area contributed by atoms with E-state index in [4.69, 9.17) is 15.3 Å². The van der Waals surface area contributed by atoms with Crippen molar-refractivity contribution in [2.24, 2.45) is 0 Å². The van der Waals surface area contributed by atoms with Crippen molar-refractivity contribution in [1.29, 1.82) is 10.5 Å². The lowest BCUT2D eigenvalue weighted by Gasteiger charge is -2.16. The Balaban J connectivity index is 2.95. The molecule has 1 rings (SSSR count). The molecule has 5 nitrogen and oxygen atoms in total. The summed E-state index contributed by atoms with van der Waals surface area (Å²) < 4.78 is 4.80. The number of carbonyl (C=O) groups excluding carboxylic acids is 1. The van der Waals surface area contributed by atoms with Gasteiger partial charge in [0.15, 0.2) is 5.57 Å². The number of carbonyl (C=O) groups is 1. The fourth-order valence-corrected chi connectivity index (χ4v) is 1.70. The summed E-state index contributed by atoms with van der Waals surface area (Å²) in [5.41, 5.74) is 0.678. The molecule has 0 saturated carbocycles. The van der Waals surface area contributed by atoms with Crippen LogP contribution >= 0.6 is 0 Å². The molecule has 1 fully saturated rings. The minimum atomic E-state index is -0.593. The Kier molecular flexibility index (Phi) is 4.35. The van der Waals surface area contributed by atoms with E-state index in [1.54, 1.807) is 11.8 Å².